The molecule has 0 spiro atoms. The molecule has 29 heavy (non-hydrogen) atoms. The molecular formula is C20H21BrN4O2S2. The number of rotatable bonds is 7. The van der Waals surface area contributed by atoms with Gasteiger partial charge in [0.25, 0.3) is 0 Å². The van der Waals surface area contributed by atoms with E-state index in [2.05, 4.69) is 36.0 Å². The second-order valence-corrected chi connectivity index (χ2v) is 9.57. The van der Waals surface area contributed by atoms with Crippen LogP contribution in [0.2, 0.25) is 0 Å². The van der Waals surface area contributed by atoms with Gasteiger partial charge in [0.2, 0.25) is 5.91 Å². The number of thioether (sulfide) groups is 1. The standard InChI is InChI=1S/C20H21BrN4O2S2/c1-13-10-14(6-7-16(13)21)22-18(26)12-29-20-24-23-19(17-5-3-9-28-17)25(20)11-15-4-2-8-27-15/h3,5-7,9-10,15H,2,4,8,11-12H2,1H3,(H,22,26). The molecule has 4 rings (SSSR count). The molecule has 2 aromatic heterocycles. The van der Waals surface area contributed by atoms with Crippen LogP contribution in [-0.4, -0.2) is 39.1 Å². The number of nitrogens with one attached hydrogen (secondary N) is 1. The first-order chi connectivity index (χ1) is 14.1. The number of ether oxygens (including phenoxy) is 1. The summed E-state index contributed by atoms with van der Waals surface area (Å²) in [5.41, 5.74) is 1.86. The topological polar surface area (TPSA) is 69.0 Å². The monoisotopic (exact) mass is 492 g/mol. The number of halogens is 1. The molecule has 9 heteroatoms. The highest BCUT2D eigenvalue weighted by molar-refractivity contribution is 9.10. The van der Waals surface area contributed by atoms with E-state index in [4.69, 9.17) is 4.74 Å². The molecule has 1 N–H and O–H groups in total. The highest BCUT2D eigenvalue weighted by atomic mass is 79.9. The smallest absolute Gasteiger partial charge is 0.234 e. The van der Waals surface area contributed by atoms with Crippen molar-refractivity contribution < 1.29 is 9.53 Å². The molecule has 1 fully saturated rings. The maximum Gasteiger partial charge on any atom is 0.234 e. The number of nitrogens with zero attached hydrogens (tertiary/aromatic N) is 3. The third kappa shape index (κ3) is 5.09. The summed E-state index contributed by atoms with van der Waals surface area (Å²) >= 11 is 6.51. The van der Waals surface area contributed by atoms with Crippen molar-refractivity contribution in [3.8, 4) is 10.7 Å². The highest BCUT2D eigenvalue weighted by Gasteiger charge is 2.22. The number of carbonyl (C=O) groups is 1. The second kappa shape index (κ2) is 9.42. The van der Waals surface area contributed by atoms with Gasteiger partial charge < -0.3 is 10.1 Å². The number of aryl methyl sites for hydroxylation is 1. The lowest BCUT2D eigenvalue weighted by molar-refractivity contribution is -0.113. The second-order valence-electron chi connectivity index (χ2n) is 6.83. The number of aromatic nitrogens is 3. The molecule has 0 saturated carbocycles. The van der Waals surface area contributed by atoms with Crippen LogP contribution in [0.4, 0.5) is 5.69 Å². The van der Waals surface area contributed by atoms with Crippen LogP contribution < -0.4 is 5.32 Å². The number of anilines is 1. The Morgan fingerprint density at radius 1 is 1.41 bits per heavy atom. The molecule has 1 aromatic carbocycles. The number of amides is 1. The Bertz CT molecular complexity index is 985. The van der Waals surface area contributed by atoms with Gasteiger partial charge in [-0.25, -0.2) is 0 Å². The van der Waals surface area contributed by atoms with E-state index in [9.17, 15) is 4.79 Å². The van der Waals surface area contributed by atoms with Crippen molar-refractivity contribution in [3.05, 3.63) is 45.7 Å². The van der Waals surface area contributed by atoms with Crippen LogP contribution in [0.1, 0.15) is 18.4 Å². The number of hydrogen-bond donors (Lipinski definition) is 1. The molecule has 152 valence electrons. The molecule has 0 aliphatic carbocycles. The van der Waals surface area contributed by atoms with Crippen LogP contribution in [0.3, 0.4) is 0 Å². The zero-order valence-corrected chi connectivity index (χ0v) is 19.1. The van der Waals surface area contributed by atoms with Crippen LogP contribution in [0.5, 0.6) is 0 Å². The normalized spacial score (nSPS) is 16.3. The number of carbonyl (C=O) groups excluding carboxylic acids is 1. The minimum Gasteiger partial charge on any atom is -0.376 e. The first-order valence-corrected chi connectivity index (χ1v) is 12.0. The number of hydrogen-bond acceptors (Lipinski definition) is 6. The van der Waals surface area contributed by atoms with Gasteiger partial charge in [0, 0.05) is 16.8 Å². The Kier molecular flexibility index (Phi) is 6.69. The van der Waals surface area contributed by atoms with Gasteiger partial charge in [0.05, 0.1) is 23.3 Å². The first-order valence-electron chi connectivity index (χ1n) is 9.37. The third-order valence-electron chi connectivity index (χ3n) is 4.64. The van der Waals surface area contributed by atoms with Crippen molar-refractivity contribution in [2.75, 3.05) is 17.7 Å². The molecule has 0 bridgehead atoms. The molecular weight excluding hydrogens is 472 g/mol. The van der Waals surface area contributed by atoms with E-state index >= 15 is 0 Å². The van der Waals surface area contributed by atoms with Gasteiger partial charge in [0.15, 0.2) is 11.0 Å². The van der Waals surface area contributed by atoms with Crippen molar-refractivity contribution in [1.82, 2.24) is 14.8 Å². The van der Waals surface area contributed by atoms with E-state index in [1.54, 1.807) is 11.3 Å². The average molecular weight is 493 g/mol. The Morgan fingerprint density at radius 2 is 2.31 bits per heavy atom. The lowest BCUT2D eigenvalue weighted by Gasteiger charge is -2.14. The Hall–Kier alpha value is -1.68. The van der Waals surface area contributed by atoms with E-state index in [1.165, 1.54) is 11.8 Å². The van der Waals surface area contributed by atoms with Gasteiger partial charge in [-0.15, -0.1) is 21.5 Å². The van der Waals surface area contributed by atoms with Crippen LogP contribution >= 0.6 is 39.0 Å². The van der Waals surface area contributed by atoms with E-state index in [0.29, 0.717) is 6.54 Å². The molecule has 1 aliphatic heterocycles. The molecule has 1 aliphatic rings. The zero-order valence-electron chi connectivity index (χ0n) is 15.9. The Labute approximate surface area is 186 Å². The maximum atomic E-state index is 12.4. The fraction of sp³-hybridized carbons (Fsp3) is 0.350. The summed E-state index contributed by atoms with van der Waals surface area (Å²) in [5.74, 6) is 1.03. The van der Waals surface area contributed by atoms with Gasteiger partial charge in [-0.2, -0.15) is 0 Å². The van der Waals surface area contributed by atoms with Crippen LogP contribution in [0, 0.1) is 6.92 Å². The summed E-state index contributed by atoms with van der Waals surface area (Å²) in [6.45, 7) is 3.50. The average Bonchev–Trinajstić information content (AvgIpc) is 3.45. The third-order valence-corrected chi connectivity index (χ3v) is 7.36. The summed E-state index contributed by atoms with van der Waals surface area (Å²) in [6, 6.07) is 9.81. The molecule has 3 heterocycles. The van der Waals surface area contributed by atoms with E-state index in [1.807, 2.05) is 42.6 Å². The summed E-state index contributed by atoms with van der Waals surface area (Å²) < 4.78 is 8.92. The van der Waals surface area contributed by atoms with Crippen LogP contribution in [-0.2, 0) is 16.1 Å². The Balaban J connectivity index is 1.46. The predicted molar refractivity (Wildman–Crippen MR) is 121 cm³/mol. The number of thiophene rings is 1. The van der Waals surface area contributed by atoms with Crippen molar-refractivity contribution in [3.63, 3.8) is 0 Å². The maximum absolute atomic E-state index is 12.4. The highest BCUT2D eigenvalue weighted by Crippen LogP contribution is 2.29. The largest absolute Gasteiger partial charge is 0.376 e. The van der Waals surface area contributed by atoms with Gasteiger partial charge in [-0.1, -0.05) is 33.8 Å². The lowest BCUT2D eigenvalue weighted by atomic mass is 10.2. The summed E-state index contributed by atoms with van der Waals surface area (Å²) in [6.07, 6.45) is 2.29. The molecule has 1 saturated heterocycles. The number of benzene rings is 1. The molecule has 0 radical (unpaired) electrons. The van der Waals surface area contributed by atoms with E-state index < -0.39 is 0 Å². The first kappa shape index (κ1) is 20.6. The summed E-state index contributed by atoms with van der Waals surface area (Å²) in [5, 5.41) is 14.5. The molecule has 1 atom stereocenters. The predicted octanol–water partition coefficient (Wildman–Crippen LogP) is 4.99. The van der Waals surface area contributed by atoms with Gasteiger partial charge in [0.1, 0.15) is 0 Å². The Morgan fingerprint density at radius 3 is 3.03 bits per heavy atom. The van der Waals surface area contributed by atoms with Gasteiger partial charge >= 0.3 is 0 Å². The van der Waals surface area contributed by atoms with Crippen molar-refractivity contribution >= 4 is 50.6 Å². The summed E-state index contributed by atoms with van der Waals surface area (Å²) in [4.78, 5) is 13.5. The zero-order chi connectivity index (χ0) is 20.2. The molecule has 6 nitrogen and oxygen atoms in total. The fourth-order valence-electron chi connectivity index (χ4n) is 3.19. The van der Waals surface area contributed by atoms with Crippen molar-refractivity contribution in [2.24, 2.45) is 0 Å². The SMILES string of the molecule is Cc1cc(NC(=O)CSc2nnc(-c3cccs3)n2CC2CCCO2)ccc1Br. The van der Waals surface area contributed by atoms with Gasteiger partial charge in [-0.05, 0) is 55.0 Å². The summed E-state index contributed by atoms with van der Waals surface area (Å²) in [7, 11) is 0. The molecule has 1 unspecified atom stereocenters. The van der Waals surface area contributed by atoms with E-state index in [-0.39, 0.29) is 17.8 Å². The van der Waals surface area contributed by atoms with Crippen LogP contribution in [0.25, 0.3) is 10.7 Å². The van der Waals surface area contributed by atoms with E-state index in [0.717, 1.165) is 51.0 Å². The lowest BCUT2D eigenvalue weighted by Crippen LogP contribution is -2.18. The van der Waals surface area contributed by atoms with Crippen molar-refractivity contribution in [1.29, 1.82) is 0 Å². The molecule has 3 aromatic rings. The fourth-order valence-corrected chi connectivity index (χ4v) is 4.90. The minimum atomic E-state index is -0.0685. The van der Waals surface area contributed by atoms with Crippen molar-refractivity contribution in [2.45, 2.75) is 37.6 Å². The quantitative estimate of drug-likeness (QED) is 0.470. The molecule has 1 amide bonds. The minimum absolute atomic E-state index is 0.0685. The van der Waals surface area contributed by atoms with Gasteiger partial charge in [-0.3, -0.25) is 9.36 Å². The van der Waals surface area contributed by atoms with Crippen LogP contribution in [0.15, 0.2) is 45.3 Å².